The Morgan fingerprint density at radius 1 is 0.351 bits per heavy atom. The van der Waals surface area contributed by atoms with Gasteiger partial charge in [-0.15, -0.1) is 22.7 Å². The SMILES string of the molecule is CC1(C)c2ccccc2-c2cc3c(-c4csc5ccccc45)cc4oc5cc(-c6csc7ccccc67)c6cc7c(cc6c5c4c3cc21)C(C)(C)c1ccccc1-7. The Kier molecular flexibility index (Phi) is 6.14. The third-order valence-corrected chi connectivity index (χ3v) is 15.5. The van der Waals surface area contributed by atoms with Gasteiger partial charge >= 0.3 is 0 Å². The van der Waals surface area contributed by atoms with Crippen molar-refractivity contribution in [3.8, 4) is 44.5 Å². The van der Waals surface area contributed by atoms with Gasteiger partial charge in [0.05, 0.1) is 0 Å². The molecule has 3 aromatic heterocycles. The van der Waals surface area contributed by atoms with Crippen molar-refractivity contribution in [3.05, 3.63) is 166 Å². The second-order valence-electron chi connectivity index (χ2n) is 17.2. The summed E-state index contributed by atoms with van der Waals surface area (Å²) in [5.74, 6) is 0. The molecule has 0 aliphatic heterocycles. The molecular weight excluding hydrogens is 729 g/mol. The highest BCUT2D eigenvalue weighted by atomic mass is 32.1. The van der Waals surface area contributed by atoms with Crippen molar-refractivity contribution in [2.75, 3.05) is 0 Å². The first-order valence-corrected chi connectivity index (χ1v) is 21.6. The number of hydrogen-bond donors (Lipinski definition) is 0. The molecule has 2 aliphatic carbocycles. The summed E-state index contributed by atoms with van der Waals surface area (Å²) in [6.45, 7) is 9.56. The largest absolute Gasteiger partial charge is 0.456 e. The zero-order chi connectivity index (χ0) is 37.9. The van der Waals surface area contributed by atoms with E-state index in [1.807, 2.05) is 22.7 Å². The Balaban J connectivity index is 1.22. The van der Waals surface area contributed by atoms with Crippen LogP contribution in [-0.4, -0.2) is 0 Å². The molecule has 0 N–H and O–H groups in total. The van der Waals surface area contributed by atoms with Gasteiger partial charge in [0.25, 0.3) is 0 Å². The van der Waals surface area contributed by atoms with Crippen LogP contribution in [0.3, 0.4) is 0 Å². The molecule has 0 spiro atoms. The monoisotopic (exact) mass is 764 g/mol. The lowest BCUT2D eigenvalue weighted by Gasteiger charge is -2.22. The Morgan fingerprint density at radius 3 is 1.25 bits per heavy atom. The second-order valence-corrected chi connectivity index (χ2v) is 19.0. The molecule has 3 heterocycles. The van der Waals surface area contributed by atoms with Crippen LogP contribution >= 0.6 is 22.7 Å². The minimum Gasteiger partial charge on any atom is -0.456 e. The van der Waals surface area contributed by atoms with Gasteiger partial charge in [0.1, 0.15) is 11.2 Å². The summed E-state index contributed by atoms with van der Waals surface area (Å²) >= 11 is 3.64. The molecular formula is C54H36OS2. The van der Waals surface area contributed by atoms with E-state index in [1.165, 1.54) is 119 Å². The molecule has 57 heavy (non-hydrogen) atoms. The van der Waals surface area contributed by atoms with Gasteiger partial charge in [0.2, 0.25) is 0 Å². The molecule has 0 bridgehead atoms. The van der Waals surface area contributed by atoms with Crippen molar-refractivity contribution in [1.82, 2.24) is 0 Å². The number of thiophene rings is 2. The normalized spacial score (nSPS) is 14.9. The van der Waals surface area contributed by atoms with E-state index in [0.29, 0.717) is 0 Å². The van der Waals surface area contributed by atoms with Gasteiger partial charge in [-0.3, -0.25) is 0 Å². The number of hydrogen-bond acceptors (Lipinski definition) is 3. The maximum Gasteiger partial charge on any atom is 0.136 e. The number of fused-ring (bicyclic) bond motifs is 15. The van der Waals surface area contributed by atoms with Crippen molar-refractivity contribution in [3.63, 3.8) is 0 Å². The predicted molar refractivity (Wildman–Crippen MR) is 245 cm³/mol. The van der Waals surface area contributed by atoms with E-state index in [-0.39, 0.29) is 10.8 Å². The van der Waals surface area contributed by atoms with E-state index in [9.17, 15) is 0 Å². The third-order valence-electron chi connectivity index (χ3n) is 13.6. The van der Waals surface area contributed by atoms with Crippen LogP contribution in [0.5, 0.6) is 0 Å². The van der Waals surface area contributed by atoms with E-state index in [4.69, 9.17) is 4.42 Å². The Morgan fingerprint density at radius 2 is 0.772 bits per heavy atom. The average molecular weight is 765 g/mol. The van der Waals surface area contributed by atoms with Crippen LogP contribution in [0.15, 0.2) is 149 Å². The van der Waals surface area contributed by atoms with Crippen LogP contribution in [0, 0.1) is 0 Å². The zero-order valence-electron chi connectivity index (χ0n) is 32.1. The first kappa shape index (κ1) is 32.1. The van der Waals surface area contributed by atoms with Crippen molar-refractivity contribution in [2.24, 2.45) is 0 Å². The summed E-state index contributed by atoms with van der Waals surface area (Å²) in [6.07, 6.45) is 0. The van der Waals surface area contributed by atoms with Crippen LogP contribution in [0.1, 0.15) is 49.9 Å². The second kappa shape index (κ2) is 10.9. The van der Waals surface area contributed by atoms with Crippen LogP contribution in [0.4, 0.5) is 0 Å². The van der Waals surface area contributed by atoms with Gasteiger partial charge in [0, 0.05) is 52.9 Å². The van der Waals surface area contributed by atoms with E-state index in [0.717, 1.165) is 11.2 Å². The highest BCUT2D eigenvalue weighted by Gasteiger charge is 2.38. The summed E-state index contributed by atoms with van der Waals surface area (Å²) in [5.41, 5.74) is 17.5. The topological polar surface area (TPSA) is 13.1 Å². The highest BCUT2D eigenvalue weighted by molar-refractivity contribution is 7.18. The molecule has 0 atom stereocenters. The number of furan rings is 1. The standard InChI is InChI=1S/C54H36OS2/c1-53(2)43-17-9-5-13-29(43)37-21-33-35(41-27-56-49-19-11-7-15-31(41)49)25-47-51(39(33)23-45(37)53)52-40-24-46-38(30-14-6-10-18-44(30)54(46,3)4)22-34(40)36(26-48(52)55-47)42-28-57-50-20-12-8-16-32(42)50/h5-28H,1-4H3. The molecule has 1 nitrogen and oxygen atoms in total. The fourth-order valence-corrected chi connectivity index (χ4v) is 12.7. The summed E-state index contributed by atoms with van der Waals surface area (Å²) in [4.78, 5) is 0. The lowest BCUT2D eigenvalue weighted by molar-refractivity contribution is 0.661. The molecule has 0 amide bonds. The third kappa shape index (κ3) is 4.08. The molecule has 0 saturated carbocycles. The van der Waals surface area contributed by atoms with Gasteiger partial charge in [-0.25, -0.2) is 0 Å². The molecule has 11 aromatic rings. The molecule has 270 valence electrons. The molecule has 0 radical (unpaired) electrons. The Hall–Kier alpha value is -6.00. The maximum atomic E-state index is 7.24. The van der Waals surface area contributed by atoms with Crippen LogP contribution in [0.2, 0.25) is 0 Å². The summed E-state index contributed by atoms with van der Waals surface area (Å²) in [6, 6.07) is 50.4. The van der Waals surface area contributed by atoms with Gasteiger partial charge in [-0.05, 0) is 136 Å². The lowest BCUT2D eigenvalue weighted by Crippen LogP contribution is -2.14. The molecule has 2 aliphatic rings. The zero-order valence-corrected chi connectivity index (χ0v) is 33.7. The fraction of sp³-hybridized carbons (Fsp3) is 0.111. The summed E-state index contributed by atoms with van der Waals surface area (Å²) in [5, 5.41) is 14.7. The molecule has 3 heteroatoms. The van der Waals surface area contributed by atoms with Gasteiger partial charge in [0.15, 0.2) is 0 Å². The van der Waals surface area contributed by atoms with Crippen LogP contribution in [0.25, 0.3) is 108 Å². The minimum atomic E-state index is -0.136. The van der Waals surface area contributed by atoms with Crippen molar-refractivity contribution < 1.29 is 4.42 Å². The summed E-state index contributed by atoms with van der Waals surface area (Å²) < 4.78 is 9.84. The number of rotatable bonds is 2. The molecule has 0 unspecified atom stereocenters. The maximum absolute atomic E-state index is 7.24. The molecule has 13 rings (SSSR count). The smallest absolute Gasteiger partial charge is 0.136 e. The van der Waals surface area contributed by atoms with Gasteiger partial charge in [-0.2, -0.15) is 0 Å². The van der Waals surface area contributed by atoms with E-state index >= 15 is 0 Å². The van der Waals surface area contributed by atoms with Crippen LogP contribution < -0.4 is 0 Å². The van der Waals surface area contributed by atoms with Crippen LogP contribution in [-0.2, 0) is 10.8 Å². The van der Waals surface area contributed by atoms with E-state index < -0.39 is 0 Å². The molecule has 0 saturated heterocycles. The van der Waals surface area contributed by atoms with Gasteiger partial charge in [-0.1, -0.05) is 113 Å². The molecule has 8 aromatic carbocycles. The highest BCUT2D eigenvalue weighted by Crippen LogP contribution is 2.56. The first-order valence-electron chi connectivity index (χ1n) is 19.9. The minimum absolute atomic E-state index is 0.136. The van der Waals surface area contributed by atoms with Gasteiger partial charge < -0.3 is 4.42 Å². The van der Waals surface area contributed by atoms with Crippen molar-refractivity contribution in [1.29, 1.82) is 0 Å². The average Bonchev–Trinajstić information content (AvgIpc) is 4.04. The van der Waals surface area contributed by atoms with E-state index in [2.05, 4.69) is 172 Å². The Bertz CT molecular complexity index is 3350. The first-order chi connectivity index (χ1) is 27.8. The van der Waals surface area contributed by atoms with Crippen molar-refractivity contribution >= 4 is 86.3 Å². The predicted octanol–water partition coefficient (Wildman–Crippen LogP) is 16.3. The fourth-order valence-electron chi connectivity index (χ4n) is 10.8. The lowest BCUT2D eigenvalue weighted by atomic mass is 9.80. The molecule has 0 fully saturated rings. The summed E-state index contributed by atoms with van der Waals surface area (Å²) in [7, 11) is 0. The Labute approximate surface area is 338 Å². The quantitative estimate of drug-likeness (QED) is 0.171. The number of benzene rings is 8. The van der Waals surface area contributed by atoms with Crippen molar-refractivity contribution in [2.45, 2.75) is 38.5 Å². The van der Waals surface area contributed by atoms with E-state index in [1.54, 1.807) is 0 Å².